The predicted octanol–water partition coefficient (Wildman–Crippen LogP) is 2.84. The maximum absolute atomic E-state index is 12.9. The molecule has 2 aliphatic rings. The van der Waals surface area contributed by atoms with Crippen LogP contribution in [0, 0.1) is 0 Å². The summed E-state index contributed by atoms with van der Waals surface area (Å²) in [6.45, 7) is 7.78. The monoisotopic (exact) mass is 364 g/mol. The number of carbonyl (C=O) groups excluding carboxylic acids is 1. The van der Waals surface area contributed by atoms with Crippen LogP contribution in [0.15, 0.2) is 48.5 Å². The lowest BCUT2D eigenvalue weighted by atomic mass is 9.78. The zero-order valence-electron chi connectivity index (χ0n) is 16.2. The van der Waals surface area contributed by atoms with E-state index in [-0.39, 0.29) is 11.3 Å². The highest BCUT2D eigenvalue weighted by Gasteiger charge is 2.37. The summed E-state index contributed by atoms with van der Waals surface area (Å²) in [4.78, 5) is 17.0. The molecule has 142 valence electrons. The van der Waals surface area contributed by atoms with Crippen LogP contribution in [0.3, 0.4) is 0 Å². The summed E-state index contributed by atoms with van der Waals surface area (Å²) < 4.78 is 0. The highest BCUT2D eigenvalue weighted by molar-refractivity contribution is 5.97. The van der Waals surface area contributed by atoms with E-state index in [1.807, 2.05) is 29.2 Å². The Morgan fingerprint density at radius 1 is 1.04 bits per heavy atom. The summed E-state index contributed by atoms with van der Waals surface area (Å²) in [5, 5.41) is 10.7. The summed E-state index contributed by atoms with van der Waals surface area (Å²) in [6.07, 6.45) is 0.478. The fraction of sp³-hybridized carbons (Fsp3) is 0.435. The van der Waals surface area contributed by atoms with Gasteiger partial charge in [0.15, 0.2) is 0 Å². The Balaban J connectivity index is 1.42. The van der Waals surface area contributed by atoms with Crippen molar-refractivity contribution in [3.05, 3.63) is 70.8 Å². The van der Waals surface area contributed by atoms with E-state index in [9.17, 15) is 9.90 Å². The van der Waals surface area contributed by atoms with Crippen molar-refractivity contribution in [2.24, 2.45) is 0 Å². The van der Waals surface area contributed by atoms with Crippen LogP contribution in [0.4, 0.5) is 0 Å². The topological polar surface area (TPSA) is 43.8 Å². The van der Waals surface area contributed by atoms with E-state index >= 15 is 0 Å². The lowest BCUT2D eigenvalue weighted by molar-refractivity contribution is 0.0431. The predicted molar refractivity (Wildman–Crippen MR) is 107 cm³/mol. The van der Waals surface area contributed by atoms with Gasteiger partial charge in [-0.05, 0) is 29.2 Å². The number of aliphatic hydroxyl groups is 1. The van der Waals surface area contributed by atoms with E-state index in [1.54, 1.807) is 0 Å². The van der Waals surface area contributed by atoms with Crippen molar-refractivity contribution in [1.82, 2.24) is 9.80 Å². The van der Waals surface area contributed by atoms with Crippen LogP contribution in [0.2, 0.25) is 0 Å². The number of hydrogen-bond acceptors (Lipinski definition) is 3. The van der Waals surface area contributed by atoms with Crippen molar-refractivity contribution in [1.29, 1.82) is 0 Å². The van der Waals surface area contributed by atoms with Gasteiger partial charge in [0.05, 0.1) is 6.10 Å². The molecule has 0 aliphatic carbocycles. The van der Waals surface area contributed by atoms with E-state index in [0.717, 1.165) is 30.6 Å². The highest BCUT2D eigenvalue weighted by Crippen LogP contribution is 2.33. The molecule has 1 atom stereocenters. The van der Waals surface area contributed by atoms with Gasteiger partial charge in [-0.3, -0.25) is 9.69 Å². The van der Waals surface area contributed by atoms with E-state index in [2.05, 4.69) is 43.0 Å². The third kappa shape index (κ3) is 3.64. The molecular weight excluding hydrogens is 336 g/mol. The summed E-state index contributed by atoms with van der Waals surface area (Å²) >= 11 is 0. The van der Waals surface area contributed by atoms with E-state index in [1.165, 1.54) is 11.1 Å². The average Bonchev–Trinajstić information content (AvgIpc) is 2.66. The molecule has 0 saturated heterocycles. The Morgan fingerprint density at radius 3 is 2.56 bits per heavy atom. The molecule has 0 saturated carbocycles. The first kappa shape index (κ1) is 18.2. The number of rotatable bonds is 4. The average molecular weight is 364 g/mol. The molecule has 4 heteroatoms. The third-order valence-electron chi connectivity index (χ3n) is 5.87. The van der Waals surface area contributed by atoms with Crippen molar-refractivity contribution in [3.63, 3.8) is 0 Å². The number of nitrogens with zero attached hydrogens (tertiary/aromatic N) is 2. The fourth-order valence-corrected chi connectivity index (χ4v) is 4.53. The van der Waals surface area contributed by atoms with Crippen LogP contribution in [0.1, 0.15) is 40.9 Å². The Labute approximate surface area is 161 Å². The quantitative estimate of drug-likeness (QED) is 0.907. The van der Waals surface area contributed by atoms with Gasteiger partial charge in [0, 0.05) is 43.7 Å². The van der Waals surface area contributed by atoms with Crippen LogP contribution in [0.5, 0.6) is 0 Å². The minimum atomic E-state index is -0.541. The number of aliphatic hydroxyl groups excluding tert-OH is 1. The molecule has 2 aromatic rings. The van der Waals surface area contributed by atoms with E-state index < -0.39 is 6.10 Å². The van der Waals surface area contributed by atoms with Crippen molar-refractivity contribution < 1.29 is 9.90 Å². The molecule has 4 nitrogen and oxygen atoms in total. The highest BCUT2D eigenvalue weighted by atomic mass is 16.3. The first-order valence-electron chi connectivity index (χ1n) is 9.80. The second-order valence-corrected chi connectivity index (χ2v) is 8.52. The van der Waals surface area contributed by atoms with E-state index in [4.69, 9.17) is 0 Å². The van der Waals surface area contributed by atoms with Crippen molar-refractivity contribution in [2.75, 3.05) is 26.2 Å². The molecule has 1 N–H and O–H groups in total. The maximum Gasteiger partial charge on any atom is 0.254 e. The standard InChI is InChI=1S/C23H28N2O2/c1-23(2)16-25(22(27)20-9-5-6-10-21(20)23)15-19(26)14-24-12-11-17-7-3-4-8-18(17)13-24/h3-10,19,26H,11-16H2,1-2H3/t19-/m1/s1. The minimum absolute atomic E-state index is 0.0352. The number of benzene rings is 2. The van der Waals surface area contributed by atoms with Crippen LogP contribution >= 0.6 is 0 Å². The van der Waals surface area contributed by atoms with Gasteiger partial charge in [-0.15, -0.1) is 0 Å². The van der Waals surface area contributed by atoms with Crippen LogP contribution in [0.25, 0.3) is 0 Å². The number of amides is 1. The third-order valence-corrected chi connectivity index (χ3v) is 5.87. The molecule has 4 rings (SSSR count). The molecule has 27 heavy (non-hydrogen) atoms. The fourth-order valence-electron chi connectivity index (χ4n) is 4.53. The zero-order valence-corrected chi connectivity index (χ0v) is 16.2. The van der Waals surface area contributed by atoms with Gasteiger partial charge in [-0.1, -0.05) is 56.3 Å². The zero-order chi connectivity index (χ0) is 19.0. The second kappa shape index (κ2) is 7.10. The number of hydrogen-bond donors (Lipinski definition) is 1. The van der Waals surface area contributed by atoms with Crippen LogP contribution in [-0.2, 0) is 18.4 Å². The summed E-state index contributed by atoms with van der Waals surface area (Å²) in [5.74, 6) is 0.0352. The molecule has 2 aromatic carbocycles. The van der Waals surface area contributed by atoms with Crippen LogP contribution in [-0.4, -0.2) is 53.1 Å². The number of fused-ring (bicyclic) bond motifs is 2. The molecule has 2 heterocycles. The molecule has 2 aliphatic heterocycles. The Kier molecular flexibility index (Phi) is 4.79. The molecule has 0 radical (unpaired) electrons. The number of β-amino-alcohol motifs (C(OH)–C–C–N with tert-alkyl or cyclic N) is 1. The molecule has 0 fully saturated rings. The molecule has 0 unspecified atom stereocenters. The Morgan fingerprint density at radius 2 is 1.74 bits per heavy atom. The van der Waals surface area contributed by atoms with Gasteiger partial charge < -0.3 is 10.0 Å². The van der Waals surface area contributed by atoms with Gasteiger partial charge >= 0.3 is 0 Å². The van der Waals surface area contributed by atoms with Gasteiger partial charge in [0.25, 0.3) is 5.91 Å². The summed E-state index contributed by atoms with van der Waals surface area (Å²) in [6, 6.07) is 16.4. The maximum atomic E-state index is 12.9. The molecule has 0 spiro atoms. The minimum Gasteiger partial charge on any atom is -0.390 e. The lowest BCUT2D eigenvalue weighted by Crippen LogP contribution is -2.51. The van der Waals surface area contributed by atoms with Gasteiger partial charge in [-0.2, -0.15) is 0 Å². The first-order chi connectivity index (χ1) is 12.9. The molecule has 1 amide bonds. The van der Waals surface area contributed by atoms with Crippen molar-refractivity contribution in [2.45, 2.75) is 38.3 Å². The largest absolute Gasteiger partial charge is 0.390 e. The van der Waals surface area contributed by atoms with Gasteiger partial charge in [0.2, 0.25) is 0 Å². The molecule has 0 bridgehead atoms. The van der Waals surface area contributed by atoms with Gasteiger partial charge in [-0.25, -0.2) is 0 Å². The van der Waals surface area contributed by atoms with Crippen molar-refractivity contribution >= 4 is 5.91 Å². The Hall–Kier alpha value is -2.17. The second-order valence-electron chi connectivity index (χ2n) is 8.52. The molecule has 0 aromatic heterocycles. The SMILES string of the molecule is CC1(C)CN(C[C@H](O)CN2CCc3ccccc3C2)C(=O)c2ccccc21. The molecular formula is C23H28N2O2. The smallest absolute Gasteiger partial charge is 0.254 e. The lowest BCUT2D eigenvalue weighted by Gasteiger charge is -2.40. The van der Waals surface area contributed by atoms with Crippen molar-refractivity contribution in [3.8, 4) is 0 Å². The van der Waals surface area contributed by atoms with Crippen LogP contribution < -0.4 is 0 Å². The summed E-state index contributed by atoms with van der Waals surface area (Å²) in [5.41, 5.74) is 4.53. The Bertz CT molecular complexity index is 846. The normalized spacial score (nSPS) is 20.1. The van der Waals surface area contributed by atoms with Gasteiger partial charge in [0.1, 0.15) is 0 Å². The summed E-state index contributed by atoms with van der Waals surface area (Å²) in [7, 11) is 0. The first-order valence-corrected chi connectivity index (χ1v) is 9.80. The number of carbonyl (C=O) groups is 1. The van der Waals surface area contributed by atoms with E-state index in [0.29, 0.717) is 19.6 Å².